The van der Waals surface area contributed by atoms with Crippen LogP contribution in [0.25, 0.3) is 0 Å². The van der Waals surface area contributed by atoms with Crippen LogP contribution in [-0.4, -0.2) is 21.2 Å². The maximum Gasteiger partial charge on any atom is 0.234 e. The predicted octanol–water partition coefficient (Wildman–Crippen LogP) is 1.71. The zero-order chi connectivity index (χ0) is 12.9. The van der Waals surface area contributed by atoms with E-state index in [1.807, 2.05) is 25.1 Å². The smallest absolute Gasteiger partial charge is 0.234 e. The Kier molecular flexibility index (Phi) is 4.96. The van der Waals surface area contributed by atoms with Crippen LogP contribution in [0.4, 0.5) is 5.69 Å². The van der Waals surface area contributed by atoms with Crippen molar-refractivity contribution in [1.82, 2.24) is 0 Å². The van der Waals surface area contributed by atoms with Gasteiger partial charge in [-0.05, 0) is 18.1 Å². The van der Waals surface area contributed by atoms with Crippen LogP contribution >= 0.6 is 0 Å². The molecule has 0 aliphatic rings. The van der Waals surface area contributed by atoms with Gasteiger partial charge in [-0.3, -0.25) is 4.31 Å². The second-order valence-corrected chi connectivity index (χ2v) is 6.09. The minimum absolute atomic E-state index is 0.179. The van der Waals surface area contributed by atoms with E-state index in [9.17, 15) is 8.42 Å². The molecule has 0 unspecified atom stereocenters. The highest BCUT2D eigenvalue weighted by Crippen LogP contribution is 2.21. The van der Waals surface area contributed by atoms with E-state index >= 15 is 0 Å². The average molecular weight is 256 g/mol. The molecule has 0 spiro atoms. The number of para-hydroxylation sites is 1. The molecule has 96 valence electrons. The van der Waals surface area contributed by atoms with Crippen LogP contribution in [0.15, 0.2) is 24.3 Å². The molecule has 0 aliphatic carbocycles. The minimum Gasteiger partial charge on any atom is -0.326 e. The normalized spacial score (nSPS) is 11.5. The lowest BCUT2D eigenvalue weighted by atomic mass is 10.2. The Balaban J connectivity index is 2.99. The van der Waals surface area contributed by atoms with Gasteiger partial charge in [-0.25, -0.2) is 8.42 Å². The number of sulfonamides is 1. The van der Waals surface area contributed by atoms with Crippen LogP contribution in [0, 0.1) is 0 Å². The Morgan fingerprint density at radius 3 is 2.53 bits per heavy atom. The summed E-state index contributed by atoms with van der Waals surface area (Å²) in [6.45, 7) is 2.31. The Morgan fingerprint density at radius 2 is 1.94 bits per heavy atom. The van der Waals surface area contributed by atoms with Crippen LogP contribution in [0.2, 0.25) is 0 Å². The molecular formula is C12H20N2O2S. The standard InChI is InChI=1S/C12H20N2O2S/c1-3-4-9-17(15,16)14(2)12-8-6-5-7-11(12)10-13/h5-8H,3-4,9-10,13H2,1-2H3. The van der Waals surface area contributed by atoms with Crippen molar-refractivity contribution in [3.05, 3.63) is 29.8 Å². The largest absolute Gasteiger partial charge is 0.326 e. The monoisotopic (exact) mass is 256 g/mol. The van der Waals surface area contributed by atoms with E-state index in [2.05, 4.69) is 0 Å². The molecule has 2 N–H and O–H groups in total. The number of nitrogens with two attached hydrogens (primary N) is 1. The predicted molar refractivity (Wildman–Crippen MR) is 71.4 cm³/mol. The summed E-state index contributed by atoms with van der Waals surface area (Å²) in [6, 6.07) is 7.31. The third-order valence-corrected chi connectivity index (χ3v) is 4.56. The lowest BCUT2D eigenvalue weighted by Gasteiger charge is -2.21. The van der Waals surface area contributed by atoms with Gasteiger partial charge in [-0.1, -0.05) is 31.5 Å². The molecule has 0 atom stereocenters. The van der Waals surface area contributed by atoms with E-state index < -0.39 is 10.0 Å². The molecular weight excluding hydrogens is 236 g/mol. The molecule has 0 bridgehead atoms. The number of benzene rings is 1. The highest BCUT2D eigenvalue weighted by molar-refractivity contribution is 7.92. The number of hydrogen-bond donors (Lipinski definition) is 1. The summed E-state index contributed by atoms with van der Waals surface area (Å²) in [4.78, 5) is 0. The van der Waals surface area contributed by atoms with Crippen molar-refractivity contribution in [1.29, 1.82) is 0 Å². The van der Waals surface area contributed by atoms with Crippen molar-refractivity contribution >= 4 is 15.7 Å². The third-order valence-electron chi connectivity index (χ3n) is 2.72. The summed E-state index contributed by atoms with van der Waals surface area (Å²) >= 11 is 0. The summed E-state index contributed by atoms with van der Waals surface area (Å²) in [5, 5.41) is 0. The zero-order valence-corrected chi connectivity index (χ0v) is 11.2. The molecule has 0 radical (unpaired) electrons. The number of rotatable bonds is 6. The fraction of sp³-hybridized carbons (Fsp3) is 0.500. The summed E-state index contributed by atoms with van der Waals surface area (Å²) in [7, 11) is -1.65. The van der Waals surface area contributed by atoms with E-state index in [-0.39, 0.29) is 5.75 Å². The summed E-state index contributed by atoms with van der Waals surface area (Å²) in [6.07, 6.45) is 1.54. The summed E-state index contributed by atoms with van der Waals surface area (Å²) < 4.78 is 25.4. The van der Waals surface area contributed by atoms with E-state index in [1.165, 1.54) is 4.31 Å². The second kappa shape index (κ2) is 6.02. The number of anilines is 1. The number of hydrogen-bond acceptors (Lipinski definition) is 3. The lowest BCUT2D eigenvalue weighted by Crippen LogP contribution is -2.30. The maximum absolute atomic E-state index is 12.0. The first-order valence-corrected chi connectivity index (χ1v) is 7.38. The average Bonchev–Trinajstić information content (AvgIpc) is 2.35. The summed E-state index contributed by atoms with van der Waals surface area (Å²) in [5.41, 5.74) is 7.13. The van der Waals surface area contributed by atoms with Gasteiger partial charge in [0.15, 0.2) is 0 Å². The molecule has 0 aromatic heterocycles. The zero-order valence-electron chi connectivity index (χ0n) is 10.4. The van der Waals surface area contributed by atoms with Gasteiger partial charge in [0.2, 0.25) is 10.0 Å². The van der Waals surface area contributed by atoms with E-state index in [4.69, 9.17) is 5.73 Å². The van der Waals surface area contributed by atoms with Crippen LogP contribution in [0.1, 0.15) is 25.3 Å². The molecule has 0 heterocycles. The molecule has 1 aromatic rings. The molecule has 0 amide bonds. The first-order chi connectivity index (χ1) is 8.03. The SMILES string of the molecule is CCCCS(=O)(=O)N(C)c1ccccc1CN. The maximum atomic E-state index is 12.0. The van der Waals surface area contributed by atoms with Gasteiger partial charge in [0, 0.05) is 13.6 Å². The minimum atomic E-state index is -3.23. The van der Waals surface area contributed by atoms with Gasteiger partial charge < -0.3 is 5.73 Å². The molecule has 0 aliphatic heterocycles. The van der Waals surface area contributed by atoms with Gasteiger partial charge in [0.1, 0.15) is 0 Å². The van der Waals surface area contributed by atoms with Crippen LogP contribution in [0.5, 0.6) is 0 Å². The molecule has 5 heteroatoms. The Hall–Kier alpha value is -1.07. The van der Waals surface area contributed by atoms with Crippen molar-refractivity contribution in [3.63, 3.8) is 0 Å². The topological polar surface area (TPSA) is 63.4 Å². The molecule has 1 rings (SSSR count). The van der Waals surface area contributed by atoms with Crippen molar-refractivity contribution in [3.8, 4) is 0 Å². The van der Waals surface area contributed by atoms with Crippen molar-refractivity contribution < 1.29 is 8.42 Å². The van der Waals surface area contributed by atoms with E-state index in [0.29, 0.717) is 18.7 Å². The highest BCUT2D eigenvalue weighted by atomic mass is 32.2. The van der Waals surface area contributed by atoms with E-state index in [1.54, 1.807) is 13.1 Å². The van der Waals surface area contributed by atoms with Crippen molar-refractivity contribution in [2.45, 2.75) is 26.3 Å². The van der Waals surface area contributed by atoms with Gasteiger partial charge in [-0.2, -0.15) is 0 Å². The first-order valence-electron chi connectivity index (χ1n) is 5.77. The van der Waals surface area contributed by atoms with E-state index in [0.717, 1.165) is 12.0 Å². The van der Waals surface area contributed by atoms with Crippen molar-refractivity contribution in [2.24, 2.45) is 5.73 Å². The molecule has 17 heavy (non-hydrogen) atoms. The van der Waals surface area contributed by atoms with Crippen LogP contribution < -0.4 is 10.0 Å². The number of unbranched alkanes of at least 4 members (excludes halogenated alkanes) is 1. The Bertz CT molecular complexity index is 457. The van der Waals surface area contributed by atoms with Crippen molar-refractivity contribution in [2.75, 3.05) is 17.1 Å². The van der Waals surface area contributed by atoms with Gasteiger partial charge in [0.05, 0.1) is 11.4 Å². The highest BCUT2D eigenvalue weighted by Gasteiger charge is 2.19. The van der Waals surface area contributed by atoms with Crippen LogP contribution in [0.3, 0.4) is 0 Å². The molecule has 0 saturated carbocycles. The lowest BCUT2D eigenvalue weighted by molar-refractivity contribution is 0.591. The Labute approximate surface area is 103 Å². The second-order valence-electron chi connectivity index (χ2n) is 3.97. The quantitative estimate of drug-likeness (QED) is 0.842. The Morgan fingerprint density at radius 1 is 1.29 bits per heavy atom. The molecule has 1 aromatic carbocycles. The molecule has 0 fully saturated rings. The third kappa shape index (κ3) is 3.44. The molecule has 0 saturated heterocycles. The summed E-state index contributed by atoms with van der Waals surface area (Å²) in [5.74, 6) is 0.179. The first kappa shape index (κ1) is 14.0. The van der Waals surface area contributed by atoms with Gasteiger partial charge >= 0.3 is 0 Å². The molecule has 4 nitrogen and oxygen atoms in total. The van der Waals surface area contributed by atoms with Crippen LogP contribution in [-0.2, 0) is 16.6 Å². The fourth-order valence-electron chi connectivity index (χ4n) is 1.60. The fourth-order valence-corrected chi connectivity index (χ4v) is 3.01. The van der Waals surface area contributed by atoms with Gasteiger partial charge in [0.25, 0.3) is 0 Å². The van der Waals surface area contributed by atoms with Gasteiger partial charge in [-0.15, -0.1) is 0 Å². The number of nitrogens with zero attached hydrogens (tertiary/aromatic N) is 1.